The third-order valence-electron chi connectivity index (χ3n) is 1.41. The first kappa shape index (κ1) is 6.92. The van der Waals surface area contributed by atoms with Crippen molar-refractivity contribution in [2.75, 3.05) is 0 Å². The van der Waals surface area contributed by atoms with Crippen LogP contribution in [0, 0.1) is 6.92 Å². The number of rotatable bonds is 2. The first-order valence-corrected chi connectivity index (χ1v) is 2.95. The highest BCUT2D eigenvalue weighted by molar-refractivity contribution is 5.53. The Kier molecular flexibility index (Phi) is 1.80. The molecule has 0 aliphatic carbocycles. The topological polar surface area (TPSA) is 47.8 Å². The van der Waals surface area contributed by atoms with Gasteiger partial charge < -0.3 is 4.57 Å². The number of aromatic nitrogens is 3. The third kappa shape index (κ3) is 1.05. The van der Waals surface area contributed by atoms with Crippen LogP contribution in [0.5, 0.6) is 0 Å². The van der Waals surface area contributed by atoms with Crippen molar-refractivity contribution in [3.05, 3.63) is 11.6 Å². The number of nitrogens with zero attached hydrogens (tertiary/aromatic N) is 3. The lowest BCUT2D eigenvalue weighted by Gasteiger charge is -1.93. The van der Waals surface area contributed by atoms with Gasteiger partial charge in [0.15, 0.2) is 0 Å². The zero-order valence-corrected chi connectivity index (χ0v) is 5.96. The van der Waals surface area contributed by atoms with E-state index >= 15 is 0 Å². The molecular weight excluding hydrogens is 130 g/mol. The number of aryl methyl sites for hydroxylation is 1. The summed E-state index contributed by atoms with van der Waals surface area (Å²) in [4.78, 5) is 9.93. The van der Waals surface area contributed by atoms with E-state index in [9.17, 15) is 4.79 Å². The number of hydrogen-bond donors (Lipinski definition) is 0. The fourth-order valence-electron chi connectivity index (χ4n) is 0.670. The van der Waals surface area contributed by atoms with Crippen LogP contribution in [0.4, 0.5) is 0 Å². The van der Waals surface area contributed by atoms with Gasteiger partial charge in [0.25, 0.3) is 0 Å². The molecule has 0 aliphatic heterocycles. The van der Waals surface area contributed by atoms with Crippen LogP contribution in [-0.2, 0) is 18.3 Å². The summed E-state index contributed by atoms with van der Waals surface area (Å²) in [6.07, 6.45) is 1.98. The van der Waals surface area contributed by atoms with Gasteiger partial charge >= 0.3 is 0 Å². The van der Waals surface area contributed by atoms with E-state index in [1.165, 1.54) is 0 Å². The molecule has 4 heteroatoms. The van der Waals surface area contributed by atoms with Crippen LogP contribution >= 0.6 is 0 Å². The van der Waals surface area contributed by atoms with Crippen LogP contribution in [0.2, 0.25) is 0 Å². The SMILES string of the molecule is Cc1nnc(C[C]=O)n1C. The van der Waals surface area contributed by atoms with Gasteiger partial charge in [0.05, 0.1) is 6.42 Å². The van der Waals surface area contributed by atoms with Gasteiger partial charge in [0.1, 0.15) is 11.6 Å². The van der Waals surface area contributed by atoms with Crippen LogP contribution in [0.1, 0.15) is 11.6 Å². The van der Waals surface area contributed by atoms with Crippen LogP contribution < -0.4 is 0 Å². The minimum Gasteiger partial charge on any atom is -0.318 e. The smallest absolute Gasteiger partial charge is 0.206 e. The lowest BCUT2D eigenvalue weighted by atomic mass is 10.4. The predicted molar refractivity (Wildman–Crippen MR) is 35.1 cm³/mol. The third-order valence-corrected chi connectivity index (χ3v) is 1.41. The molecule has 1 aromatic heterocycles. The van der Waals surface area contributed by atoms with Crippen molar-refractivity contribution in [1.29, 1.82) is 0 Å². The number of hydrogen-bond acceptors (Lipinski definition) is 3. The molecule has 0 fully saturated rings. The Hall–Kier alpha value is -1.19. The van der Waals surface area contributed by atoms with Gasteiger partial charge in [-0.15, -0.1) is 10.2 Å². The van der Waals surface area contributed by atoms with Crippen LogP contribution in [0.3, 0.4) is 0 Å². The van der Waals surface area contributed by atoms with E-state index in [4.69, 9.17) is 0 Å². The first-order valence-electron chi connectivity index (χ1n) is 2.95. The molecule has 0 aliphatic rings. The first-order chi connectivity index (χ1) is 4.75. The zero-order chi connectivity index (χ0) is 7.56. The molecule has 0 N–H and O–H groups in total. The van der Waals surface area contributed by atoms with Crippen molar-refractivity contribution >= 4 is 6.29 Å². The highest BCUT2D eigenvalue weighted by atomic mass is 16.1. The summed E-state index contributed by atoms with van der Waals surface area (Å²) in [6, 6.07) is 0. The molecule has 0 bridgehead atoms. The van der Waals surface area contributed by atoms with E-state index in [1.807, 2.05) is 14.0 Å². The second-order valence-electron chi connectivity index (χ2n) is 2.04. The molecular formula is C6H8N3O. The minimum atomic E-state index is 0.220. The van der Waals surface area contributed by atoms with Gasteiger partial charge in [-0.2, -0.15) is 0 Å². The highest BCUT2D eigenvalue weighted by Gasteiger charge is 2.02. The van der Waals surface area contributed by atoms with Gasteiger partial charge in [-0.3, -0.25) is 4.79 Å². The Morgan fingerprint density at radius 3 is 2.70 bits per heavy atom. The fourth-order valence-corrected chi connectivity index (χ4v) is 0.670. The Bertz CT molecular complexity index is 241. The molecule has 0 spiro atoms. The second-order valence-corrected chi connectivity index (χ2v) is 2.04. The minimum absolute atomic E-state index is 0.220. The maximum Gasteiger partial charge on any atom is 0.206 e. The van der Waals surface area contributed by atoms with Gasteiger partial charge in [0.2, 0.25) is 6.29 Å². The van der Waals surface area contributed by atoms with Crippen LogP contribution in [0.25, 0.3) is 0 Å². The standard InChI is InChI=1S/C6H8N3O/c1-5-7-8-6(3-4-10)9(5)2/h3H2,1-2H3. The Labute approximate surface area is 58.9 Å². The molecule has 0 unspecified atom stereocenters. The maximum atomic E-state index is 9.93. The molecule has 53 valence electrons. The van der Waals surface area contributed by atoms with Crippen molar-refractivity contribution in [3.8, 4) is 0 Å². The molecule has 0 atom stereocenters. The summed E-state index contributed by atoms with van der Waals surface area (Å²) >= 11 is 0. The summed E-state index contributed by atoms with van der Waals surface area (Å²) in [7, 11) is 1.82. The van der Waals surface area contributed by atoms with E-state index in [2.05, 4.69) is 10.2 Å². The molecule has 1 radical (unpaired) electrons. The highest BCUT2D eigenvalue weighted by Crippen LogP contribution is 1.95. The Morgan fingerprint density at radius 1 is 1.60 bits per heavy atom. The van der Waals surface area contributed by atoms with Crippen molar-refractivity contribution < 1.29 is 4.79 Å². The average Bonchev–Trinajstić information content (AvgIpc) is 2.20. The Morgan fingerprint density at radius 2 is 2.30 bits per heavy atom. The molecule has 0 amide bonds. The summed E-state index contributed by atoms with van der Waals surface area (Å²) in [5.74, 6) is 1.47. The second kappa shape index (κ2) is 2.60. The fraction of sp³-hybridized carbons (Fsp3) is 0.500. The number of carbonyl (C=O) groups excluding carboxylic acids is 1. The summed E-state index contributed by atoms with van der Waals surface area (Å²) in [6.45, 7) is 1.83. The molecule has 0 saturated heterocycles. The largest absolute Gasteiger partial charge is 0.318 e. The Balaban J connectivity index is 2.93. The van der Waals surface area contributed by atoms with Crippen molar-refractivity contribution in [3.63, 3.8) is 0 Å². The maximum absolute atomic E-state index is 9.93. The van der Waals surface area contributed by atoms with Gasteiger partial charge in [-0.05, 0) is 6.92 Å². The molecule has 0 aromatic carbocycles. The van der Waals surface area contributed by atoms with E-state index < -0.39 is 0 Å². The van der Waals surface area contributed by atoms with Crippen LogP contribution in [-0.4, -0.2) is 21.1 Å². The van der Waals surface area contributed by atoms with Gasteiger partial charge in [-0.1, -0.05) is 0 Å². The van der Waals surface area contributed by atoms with Crippen molar-refractivity contribution in [1.82, 2.24) is 14.8 Å². The van der Waals surface area contributed by atoms with Gasteiger partial charge in [0, 0.05) is 7.05 Å². The molecule has 1 aromatic rings. The molecule has 4 nitrogen and oxygen atoms in total. The van der Waals surface area contributed by atoms with Gasteiger partial charge in [-0.25, -0.2) is 0 Å². The van der Waals surface area contributed by atoms with Crippen molar-refractivity contribution in [2.24, 2.45) is 7.05 Å². The monoisotopic (exact) mass is 138 g/mol. The molecule has 1 heterocycles. The van der Waals surface area contributed by atoms with E-state index in [0.717, 1.165) is 5.82 Å². The quantitative estimate of drug-likeness (QED) is 0.567. The zero-order valence-electron chi connectivity index (χ0n) is 5.96. The van der Waals surface area contributed by atoms with E-state index in [1.54, 1.807) is 10.9 Å². The average molecular weight is 138 g/mol. The molecule has 10 heavy (non-hydrogen) atoms. The summed E-state index contributed by atoms with van der Waals surface area (Å²) in [5, 5.41) is 7.52. The lowest BCUT2D eigenvalue weighted by molar-refractivity contribution is 0.552. The van der Waals surface area contributed by atoms with Crippen molar-refractivity contribution in [2.45, 2.75) is 13.3 Å². The van der Waals surface area contributed by atoms with E-state index in [0.29, 0.717) is 5.82 Å². The summed E-state index contributed by atoms with van der Waals surface area (Å²) in [5.41, 5.74) is 0. The predicted octanol–water partition coefficient (Wildman–Crippen LogP) is -0.224. The summed E-state index contributed by atoms with van der Waals surface area (Å²) < 4.78 is 1.77. The van der Waals surface area contributed by atoms with E-state index in [-0.39, 0.29) is 6.42 Å². The van der Waals surface area contributed by atoms with Crippen LogP contribution in [0.15, 0.2) is 0 Å². The lowest BCUT2D eigenvalue weighted by Crippen LogP contribution is -1.99. The molecule has 1 rings (SSSR count). The molecule has 0 saturated carbocycles. The normalized spacial score (nSPS) is 9.80.